The monoisotopic (exact) mass is 223 g/mol. The summed E-state index contributed by atoms with van der Waals surface area (Å²) in [6.07, 6.45) is 0.775. The third kappa shape index (κ3) is 2.67. The Morgan fingerprint density at radius 2 is 2.00 bits per heavy atom. The van der Waals surface area contributed by atoms with Crippen molar-refractivity contribution in [3.8, 4) is 6.07 Å². The molecule has 1 aromatic carbocycles. The summed E-state index contributed by atoms with van der Waals surface area (Å²) in [6.45, 7) is 2.06. The van der Waals surface area contributed by atoms with Gasteiger partial charge in [-0.15, -0.1) is 0 Å². The summed E-state index contributed by atoms with van der Waals surface area (Å²) in [6, 6.07) is 10.4. The molecular formula is C10H10BrN. The molecule has 0 radical (unpaired) electrons. The van der Waals surface area contributed by atoms with Crippen LogP contribution < -0.4 is 0 Å². The van der Waals surface area contributed by atoms with Gasteiger partial charge in [0, 0.05) is 0 Å². The molecule has 0 amide bonds. The van der Waals surface area contributed by atoms with Gasteiger partial charge in [-0.25, -0.2) is 0 Å². The number of benzene rings is 1. The standard InChI is InChI=1S/C10H10BrN/c1-8-2-4-9(5-3-8)6-10(11)7-12/h2-5,10H,6H2,1H3/t10-/m0/s1. The van der Waals surface area contributed by atoms with E-state index < -0.39 is 0 Å². The van der Waals surface area contributed by atoms with Crippen molar-refractivity contribution in [1.29, 1.82) is 5.26 Å². The molecule has 0 N–H and O–H groups in total. The number of hydrogen-bond acceptors (Lipinski definition) is 1. The molecule has 12 heavy (non-hydrogen) atoms. The quantitative estimate of drug-likeness (QED) is 0.708. The maximum Gasteiger partial charge on any atom is 0.105 e. The van der Waals surface area contributed by atoms with Crippen LogP contribution in [0.4, 0.5) is 0 Å². The number of aryl methyl sites for hydroxylation is 1. The minimum Gasteiger partial charge on any atom is -0.197 e. The molecule has 1 aromatic rings. The van der Waals surface area contributed by atoms with Gasteiger partial charge in [0.05, 0.1) is 6.07 Å². The van der Waals surface area contributed by atoms with E-state index in [0.29, 0.717) is 0 Å². The average molecular weight is 224 g/mol. The van der Waals surface area contributed by atoms with Crippen LogP contribution in [0.2, 0.25) is 0 Å². The molecule has 0 aliphatic rings. The highest BCUT2D eigenvalue weighted by atomic mass is 79.9. The lowest BCUT2D eigenvalue weighted by molar-refractivity contribution is 1.04. The van der Waals surface area contributed by atoms with Crippen LogP contribution in [-0.4, -0.2) is 4.83 Å². The molecule has 0 saturated heterocycles. The maximum absolute atomic E-state index is 8.55. The second kappa shape index (κ2) is 4.27. The Labute approximate surface area is 81.2 Å². The molecule has 62 valence electrons. The fourth-order valence-electron chi connectivity index (χ4n) is 0.977. The van der Waals surface area contributed by atoms with E-state index in [2.05, 4.69) is 53.2 Å². The zero-order valence-electron chi connectivity index (χ0n) is 6.92. The summed E-state index contributed by atoms with van der Waals surface area (Å²) in [7, 11) is 0. The van der Waals surface area contributed by atoms with Gasteiger partial charge in [-0.1, -0.05) is 45.8 Å². The molecule has 0 bridgehead atoms. The van der Waals surface area contributed by atoms with Crippen LogP contribution in [0.15, 0.2) is 24.3 Å². The molecule has 2 heteroatoms. The van der Waals surface area contributed by atoms with Crippen LogP contribution in [0.5, 0.6) is 0 Å². The predicted octanol–water partition coefficient (Wildman–Crippen LogP) is 2.82. The van der Waals surface area contributed by atoms with Crippen LogP contribution in [0.3, 0.4) is 0 Å². The molecule has 1 atom stereocenters. The van der Waals surface area contributed by atoms with Gasteiger partial charge >= 0.3 is 0 Å². The Kier molecular flexibility index (Phi) is 3.31. The van der Waals surface area contributed by atoms with E-state index in [4.69, 9.17) is 5.26 Å². The summed E-state index contributed by atoms with van der Waals surface area (Å²) in [5.74, 6) is 0. The molecule has 1 nitrogen and oxygen atoms in total. The van der Waals surface area contributed by atoms with Crippen molar-refractivity contribution in [3.05, 3.63) is 35.4 Å². The average Bonchev–Trinajstić information content (AvgIpc) is 2.09. The normalized spacial score (nSPS) is 12.1. The number of nitriles is 1. The van der Waals surface area contributed by atoms with Crippen molar-refractivity contribution in [2.75, 3.05) is 0 Å². The summed E-state index contributed by atoms with van der Waals surface area (Å²) < 4.78 is 0. The molecule has 0 heterocycles. The zero-order chi connectivity index (χ0) is 8.97. The summed E-state index contributed by atoms with van der Waals surface area (Å²) >= 11 is 3.27. The first-order chi connectivity index (χ1) is 5.72. The first-order valence-corrected chi connectivity index (χ1v) is 4.73. The van der Waals surface area contributed by atoms with Gasteiger partial charge in [0.1, 0.15) is 4.83 Å². The molecule has 0 fully saturated rings. The first kappa shape index (κ1) is 9.28. The smallest absolute Gasteiger partial charge is 0.105 e. The zero-order valence-corrected chi connectivity index (χ0v) is 8.51. The van der Waals surface area contributed by atoms with E-state index >= 15 is 0 Å². The van der Waals surface area contributed by atoms with E-state index in [-0.39, 0.29) is 4.83 Å². The van der Waals surface area contributed by atoms with Crippen LogP contribution in [0.25, 0.3) is 0 Å². The van der Waals surface area contributed by atoms with Crippen LogP contribution in [-0.2, 0) is 6.42 Å². The lowest BCUT2D eigenvalue weighted by Gasteiger charge is -2.01. The van der Waals surface area contributed by atoms with Gasteiger partial charge in [-0.3, -0.25) is 0 Å². The molecule has 0 unspecified atom stereocenters. The Bertz CT molecular complexity index is 284. The molecule has 0 aromatic heterocycles. The van der Waals surface area contributed by atoms with Crippen molar-refractivity contribution in [1.82, 2.24) is 0 Å². The number of halogens is 1. The second-order valence-corrected chi connectivity index (χ2v) is 3.89. The van der Waals surface area contributed by atoms with E-state index in [1.54, 1.807) is 0 Å². The van der Waals surface area contributed by atoms with Gasteiger partial charge in [-0.05, 0) is 18.9 Å². The molecule has 0 saturated carbocycles. The molecular weight excluding hydrogens is 214 g/mol. The fraction of sp³-hybridized carbons (Fsp3) is 0.300. The highest BCUT2D eigenvalue weighted by molar-refractivity contribution is 9.09. The fourth-order valence-corrected chi connectivity index (χ4v) is 1.35. The first-order valence-electron chi connectivity index (χ1n) is 3.81. The van der Waals surface area contributed by atoms with Gasteiger partial charge in [0.15, 0.2) is 0 Å². The lowest BCUT2D eigenvalue weighted by Crippen LogP contribution is -1.98. The van der Waals surface area contributed by atoms with Crippen molar-refractivity contribution in [2.24, 2.45) is 0 Å². The molecule has 0 aliphatic carbocycles. The van der Waals surface area contributed by atoms with Crippen molar-refractivity contribution in [2.45, 2.75) is 18.2 Å². The number of hydrogen-bond donors (Lipinski definition) is 0. The van der Waals surface area contributed by atoms with Gasteiger partial charge < -0.3 is 0 Å². The lowest BCUT2D eigenvalue weighted by atomic mass is 10.1. The summed E-state index contributed by atoms with van der Waals surface area (Å²) in [5.41, 5.74) is 2.45. The number of alkyl halides is 1. The third-order valence-electron chi connectivity index (χ3n) is 1.68. The maximum atomic E-state index is 8.55. The molecule has 0 spiro atoms. The largest absolute Gasteiger partial charge is 0.197 e. The Hall–Kier alpha value is -0.810. The minimum absolute atomic E-state index is 0.0693. The summed E-state index contributed by atoms with van der Waals surface area (Å²) in [4.78, 5) is -0.0693. The van der Waals surface area contributed by atoms with Crippen molar-refractivity contribution < 1.29 is 0 Å². The number of nitrogens with zero attached hydrogens (tertiary/aromatic N) is 1. The Morgan fingerprint density at radius 3 is 2.50 bits per heavy atom. The SMILES string of the molecule is Cc1ccc(C[C@H](Br)C#N)cc1. The van der Waals surface area contributed by atoms with Gasteiger partial charge in [0.2, 0.25) is 0 Å². The van der Waals surface area contributed by atoms with E-state index in [0.717, 1.165) is 6.42 Å². The highest BCUT2D eigenvalue weighted by Crippen LogP contribution is 2.10. The number of rotatable bonds is 2. The van der Waals surface area contributed by atoms with Crippen molar-refractivity contribution >= 4 is 15.9 Å². The molecule has 1 rings (SSSR count). The van der Waals surface area contributed by atoms with Gasteiger partial charge in [0.25, 0.3) is 0 Å². The molecule has 0 aliphatic heterocycles. The topological polar surface area (TPSA) is 23.8 Å². The Morgan fingerprint density at radius 1 is 1.42 bits per heavy atom. The summed E-state index contributed by atoms with van der Waals surface area (Å²) in [5, 5.41) is 8.55. The van der Waals surface area contributed by atoms with E-state index in [9.17, 15) is 0 Å². The third-order valence-corrected chi connectivity index (χ3v) is 2.20. The van der Waals surface area contributed by atoms with E-state index in [1.807, 2.05) is 0 Å². The second-order valence-electron chi connectivity index (χ2n) is 2.79. The minimum atomic E-state index is -0.0693. The Balaban J connectivity index is 2.66. The van der Waals surface area contributed by atoms with Crippen LogP contribution in [0, 0.1) is 18.3 Å². The highest BCUT2D eigenvalue weighted by Gasteiger charge is 2.01. The van der Waals surface area contributed by atoms with Crippen LogP contribution >= 0.6 is 15.9 Å². The van der Waals surface area contributed by atoms with Crippen molar-refractivity contribution in [3.63, 3.8) is 0 Å². The van der Waals surface area contributed by atoms with E-state index in [1.165, 1.54) is 11.1 Å². The van der Waals surface area contributed by atoms with Gasteiger partial charge in [-0.2, -0.15) is 5.26 Å². The predicted molar refractivity (Wildman–Crippen MR) is 53.2 cm³/mol. The van der Waals surface area contributed by atoms with Crippen LogP contribution in [0.1, 0.15) is 11.1 Å².